The predicted molar refractivity (Wildman–Crippen MR) is 194 cm³/mol. The maximum Gasteiger partial charge on any atom is 0.261 e. The molecule has 48 heavy (non-hydrogen) atoms. The Kier molecular flexibility index (Phi) is 12.8. The van der Waals surface area contributed by atoms with Gasteiger partial charge in [0.15, 0.2) is 0 Å². The summed E-state index contributed by atoms with van der Waals surface area (Å²) in [5, 5.41) is 15.3. The molecule has 1 aliphatic rings. The number of benzene rings is 3. The quantitative estimate of drug-likeness (QED) is 0.0811. The van der Waals surface area contributed by atoms with Crippen molar-refractivity contribution in [3.63, 3.8) is 0 Å². The number of hydrogen-bond donors (Lipinski definition) is 3. The van der Waals surface area contributed by atoms with Crippen molar-refractivity contribution in [2.45, 2.75) is 44.2 Å². The average molecular weight is 671 g/mol. The number of aromatic nitrogens is 2. The van der Waals surface area contributed by atoms with E-state index in [1.54, 1.807) is 36.4 Å². The molecule has 4 aromatic rings. The van der Waals surface area contributed by atoms with Gasteiger partial charge in [0, 0.05) is 40.9 Å². The Morgan fingerprint density at radius 2 is 1.90 bits per heavy atom. The van der Waals surface area contributed by atoms with Gasteiger partial charge in [0.2, 0.25) is 5.91 Å². The molecule has 1 aliphatic heterocycles. The number of amides is 1. The first-order valence-electron chi connectivity index (χ1n) is 15.9. The zero-order valence-electron chi connectivity index (χ0n) is 27.3. The van der Waals surface area contributed by atoms with E-state index in [-0.39, 0.29) is 23.9 Å². The van der Waals surface area contributed by atoms with E-state index >= 15 is 0 Å². The molecular formula is C37H43ClN6O4. The van der Waals surface area contributed by atoms with E-state index < -0.39 is 5.60 Å². The lowest BCUT2D eigenvalue weighted by Gasteiger charge is -2.39. The molecule has 0 saturated carbocycles. The second-order valence-electron chi connectivity index (χ2n) is 12.1. The Morgan fingerprint density at radius 1 is 1.17 bits per heavy atom. The number of aliphatic imine (C=N–C) groups is 1. The number of hydrogen-bond acceptors (Lipinski definition) is 8. The summed E-state index contributed by atoms with van der Waals surface area (Å²) < 4.78 is 1.46. The average Bonchev–Trinajstić information content (AvgIpc) is 3.09. The highest BCUT2D eigenvalue weighted by Gasteiger charge is 2.36. The molecule has 4 N–H and O–H groups in total. The summed E-state index contributed by atoms with van der Waals surface area (Å²) in [5.41, 5.74) is 8.60. The highest BCUT2D eigenvalue weighted by Crippen LogP contribution is 2.29. The van der Waals surface area contributed by atoms with Crippen LogP contribution in [0.15, 0.2) is 89.4 Å². The lowest BCUT2D eigenvalue weighted by atomic mass is 9.88. The smallest absolute Gasteiger partial charge is 0.261 e. The van der Waals surface area contributed by atoms with Crippen molar-refractivity contribution in [1.29, 1.82) is 0 Å². The largest absolute Gasteiger partial charge is 0.399 e. The molecule has 5 rings (SSSR count). The Bertz CT molecular complexity index is 1800. The van der Waals surface area contributed by atoms with Crippen LogP contribution >= 0.6 is 11.6 Å². The van der Waals surface area contributed by atoms with E-state index in [1.807, 2.05) is 30.1 Å². The van der Waals surface area contributed by atoms with Crippen LogP contribution in [0.1, 0.15) is 47.2 Å². The molecule has 11 heteroatoms. The summed E-state index contributed by atoms with van der Waals surface area (Å²) in [6.45, 7) is 8.93. The summed E-state index contributed by atoms with van der Waals surface area (Å²) >= 11 is 5.71. The highest BCUT2D eigenvalue weighted by atomic mass is 35.5. The minimum atomic E-state index is -1.06. The van der Waals surface area contributed by atoms with Crippen LogP contribution in [0.3, 0.4) is 0 Å². The minimum Gasteiger partial charge on any atom is -0.399 e. The van der Waals surface area contributed by atoms with Crippen molar-refractivity contribution in [3.05, 3.63) is 107 Å². The van der Waals surface area contributed by atoms with Crippen LogP contribution in [-0.2, 0) is 17.8 Å². The first-order chi connectivity index (χ1) is 23.1. The van der Waals surface area contributed by atoms with Crippen LogP contribution in [0.4, 0.5) is 11.4 Å². The maximum absolute atomic E-state index is 13.4. The molecule has 252 valence electrons. The Balaban J connectivity index is 0.000000336. The van der Waals surface area contributed by atoms with E-state index in [0.29, 0.717) is 70.8 Å². The van der Waals surface area contributed by atoms with Gasteiger partial charge in [0.25, 0.3) is 5.56 Å². The lowest BCUT2D eigenvalue weighted by molar-refractivity contribution is -0.140. The van der Waals surface area contributed by atoms with Gasteiger partial charge >= 0.3 is 0 Å². The van der Waals surface area contributed by atoms with Crippen LogP contribution in [0, 0.1) is 5.92 Å². The number of likely N-dealkylation sites (tertiary alicyclic amines) is 1. The van der Waals surface area contributed by atoms with E-state index in [2.05, 4.69) is 40.7 Å². The number of nitrogens with one attached hydrogen (secondary N) is 1. The van der Waals surface area contributed by atoms with Gasteiger partial charge in [-0.2, -0.15) is 0 Å². The molecule has 1 fully saturated rings. The van der Waals surface area contributed by atoms with Crippen LogP contribution in [0.25, 0.3) is 15.9 Å². The van der Waals surface area contributed by atoms with Crippen molar-refractivity contribution in [2.24, 2.45) is 10.9 Å². The van der Waals surface area contributed by atoms with Crippen molar-refractivity contribution >= 4 is 57.8 Å². The fourth-order valence-corrected chi connectivity index (χ4v) is 6.04. The Morgan fingerprint density at radius 3 is 2.54 bits per heavy atom. The molecule has 0 bridgehead atoms. The topological polar surface area (TPSA) is 143 Å². The molecule has 1 unspecified atom stereocenters. The van der Waals surface area contributed by atoms with Crippen LogP contribution in [0.5, 0.6) is 0 Å². The number of rotatable bonds is 12. The van der Waals surface area contributed by atoms with Gasteiger partial charge in [0.05, 0.1) is 35.1 Å². The number of piperidine rings is 1. The number of fused-ring (bicyclic) bond motifs is 1. The standard InChI is InChI=1S/C27H35N5O3.C10H8ClNO/c1-29-13-5-8-21(16-20-6-3-2-4-7-20)25(33)31-14-11-27(35,12-15-31)18-32-19-30-24-17-22(28)9-10-23(24)26(32)34;1-7(11)9-4-3-8(6-13)5-10(9)12-2/h2-4,6-7,9-10,17,19,21,29,35H,5,8,11-16,18,28H2,1H3;3-6H,1-2H2. The number of nitrogens with two attached hydrogens (primary N) is 1. The number of anilines is 1. The summed E-state index contributed by atoms with van der Waals surface area (Å²) in [6, 6.07) is 20.1. The van der Waals surface area contributed by atoms with Crippen LogP contribution < -0.4 is 16.6 Å². The minimum absolute atomic E-state index is 0.0864. The highest BCUT2D eigenvalue weighted by molar-refractivity contribution is 6.48. The summed E-state index contributed by atoms with van der Waals surface area (Å²) in [7, 11) is 1.92. The molecule has 1 aromatic heterocycles. The molecule has 1 saturated heterocycles. The number of aliphatic hydroxyl groups is 1. The summed E-state index contributed by atoms with van der Waals surface area (Å²) in [4.78, 5) is 46.8. The van der Waals surface area contributed by atoms with Gasteiger partial charge in [-0.05, 0) is 82.2 Å². The van der Waals surface area contributed by atoms with Gasteiger partial charge in [0.1, 0.15) is 6.29 Å². The molecule has 1 atom stereocenters. The first kappa shape index (κ1) is 36.2. The molecule has 2 heterocycles. The van der Waals surface area contributed by atoms with Crippen molar-refractivity contribution < 1.29 is 14.7 Å². The number of nitrogens with zero attached hydrogens (tertiary/aromatic N) is 4. The zero-order valence-corrected chi connectivity index (χ0v) is 28.0. The normalized spacial score (nSPS) is 14.4. The second-order valence-corrected chi connectivity index (χ2v) is 12.5. The molecule has 3 aromatic carbocycles. The third-order valence-corrected chi connectivity index (χ3v) is 8.80. The third kappa shape index (κ3) is 9.47. The summed E-state index contributed by atoms with van der Waals surface area (Å²) in [5.74, 6) is 0.0609. The van der Waals surface area contributed by atoms with E-state index in [1.165, 1.54) is 10.9 Å². The molecule has 0 aliphatic carbocycles. The van der Waals surface area contributed by atoms with E-state index in [4.69, 9.17) is 17.3 Å². The fraction of sp³-hybridized carbons (Fsp3) is 0.324. The van der Waals surface area contributed by atoms with E-state index in [0.717, 1.165) is 31.2 Å². The summed E-state index contributed by atoms with van der Waals surface area (Å²) in [6.07, 6.45) is 5.51. The number of halogens is 1. The lowest BCUT2D eigenvalue weighted by Crippen LogP contribution is -2.51. The zero-order chi connectivity index (χ0) is 34.7. The van der Waals surface area contributed by atoms with Crippen LogP contribution in [0.2, 0.25) is 0 Å². The number of carbonyl (C=O) groups is 2. The molecule has 0 radical (unpaired) electrons. The second kappa shape index (κ2) is 17.0. The van der Waals surface area contributed by atoms with Gasteiger partial charge in [-0.25, -0.2) is 4.98 Å². The van der Waals surface area contributed by atoms with Crippen molar-refractivity contribution in [1.82, 2.24) is 19.8 Å². The van der Waals surface area contributed by atoms with Gasteiger partial charge < -0.3 is 21.1 Å². The third-order valence-electron chi connectivity index (χ3n) is 8.59. The Hall–Kier alpha value is -4.64. The van der Waals surface area contributed by atoms with Gasteiger partial charge in [-0.1, -0.05) is 60.6 Å². The monoisotopic (exact) mass is 670 g/mol. The Labute approximate surface area is 286 Å². The van der Waals surface area contributed by atoms with Gasteiger partial charge in [-0.15, -0.1) is 0 Å². The predicted octanol–water partition coefficient (Wildman–Crippen LogP) is 5.23. The van der Waals surface area contributed by atoms with E-state index in [9.17, 15) is 19.5 Å². The number of carbonyl (C=O) groups excluding carboxylic acids is 2. The molecule has 0 spiro atoms. The SMILES string of the molecule is C=Nc1cc(C=O)ccc1C(=C)Cl.CNCCCC(Cc1ccccc1)C(=O)N1CCC(O)(Cn2cnc3cc(N)ccc3c2=O)CC1. The van der Waals surface area contributed by atoms with Crippen molar-refractivity contribution in [2.75, 3.05) is 32.4 Å². The molecular weight excluding hydrogens is 628 g/mol. The fourth-order valence-electron chi connectivity index (χ4n) is 5.88. The maximum atomic E-state index is 13.4. The number of aldehydes is 1. The van der Waals surface area contributed by atoms with Crippen molar-refractivity contribution in [3.8, 4) is 0 Å². The first-order valence-corrected chi connectivity index (χ1v) is 16.3. The number of nitrogen functional groups attached to an aromatic ring is 1. The van der Waals surface area contributed by atoms with Gasteiger partial charge in [-0.3, -0.25) is 23.9 Å². The molecule has 10 nitrogen and oxygen atoms in total. The molecule has 1 amide bonds. The van der Waals surface area contributed by atoms with Crippen LogP contribution in [-0.4, -0.2) is 70.8 Å².